The third-order valence-corrected chi connectivity index (χ3v) is 1.05. The van der Waals surface area contributed by atoms with Crippen molar-refractivity contribution in [2.75, 3.05) is 0 Å². The van der Waals surface area contributed by atoms with Crippen LogP contribution in [0.5, 0.6) is 0 Å². The number of aromatic nitrogens is 1. The Kier molecular flexibility index (Phi) is 1.02. The molecule has 0 unspecified atom stereocenters. The molecule has 7 heavy (non-hydrogen) atoms. The van der Waals surface area contributed by atoms with Crippen LogP contribution < -0.4 is 0 Å². The molecule has 0 spiro atoms. The third kappa shape index (κ3) is 0.747. The van der Waals surface area contributed by atoms with Crippen molar-refractivity contribution in [3.8, 4) is 0 Å². The van der Waals surface area contributed by atoms with Crippen molar-refractivity contribution < 1.29 is 4.52 Å². The summed E-state index contributed by atoms with van der Waals surface area (Å²) in [6.07, 6.45) is 1.50. The smallest absolute Gasteiger partial charge is 0.174 e. The SMILES string of the molecule is Cc1conc1Cl. The minimum Gasteiger partial charge on any atom is -0.363 e. The fourth-order valence-corrected chi connectivity index (χ4v) is 0.357. The van der Waals surface area contributed by atoms with Crippen molar-refractivity contribution in [3.05, 3.63) is 17.0 Å². The van der Waals surface area contributed by atoms with Crippen LogP contribution in [-0.2, 0) is 0 Å². The quantitative estimate of drug-likeness (QED) is 0.516. The molecule has 0 atom stereocenters. The first kappa shape index (κ1) is 4.65. The summed E-state index contributed by atoms with van der Waals surface area (Å²) in [4.78, 5) is 0. The highest BCUT2D eigenvalue weighted by Gasteiger charge is 1.93. The maximum atomic E-state index is 5.42. The Morgan fingerprint density at radius 2 is 2.57 bits per heavy atom. The lowest BCUT2D eigenvalue weighted by Crippen LogP contribution is -1.60. The van der Waals surface area contributed by atoms with E-state index in [4.69, 9.17) is 11.6 Å². The molecular weight excluding hydrogens is 114 g/mol. The van der Waals surface area contributed by atoms with Gasteiger partial charge in [-0.2, -0.15) is 0 Å². The lowest BCUT2D eigenvalue weighted by atomic mass is 10.4. The van der Waals surface area contributed by atoms with Crippen molar-refractivity contribution >= 4 is 11.6 Å². The minimum atomic E-state index is 0.444. The maximum absolute atomic E-state index is 5.42. The van der Waals surface area contributed by atoms with Gasteiger partial charge in [-0.1, -0.05) is 16.8 Å². The highest BCUT2D eigenvalue weighted by molar-refractivity contribution is 6.30. The van der Waals surface area contributed by atoms with Gasteiger partial charge in [-0.15, -0.1) is 0 Å². The maximum Gasteiger partial charge on any atom is 0.174 e. The second-order valence-corrected chi connectivity index (χ2v) is 1.65. The van der Waals surface area contributed by atoms with Crippen LogP contribution in [-0.4, -0.2) is 5.16 Å². The van der Waals surface area contributed by atoms with Crippen LogP contribution in [0.15, 0.2) is 10.8 Å². The van der Waals surface area contributed by atoms with Gasteiger partial charge in [-0.25, -0.2) is 0 Å². The third-order valence-electron chi connectivity index (χ3n) is 0.688. The summed E-state index contributed by atoms with van der Waals surface area (Å²) in [5.74, 6) is 0. The van der Waals surface area contributed by atoms with E-state index in [9.17, 15) is 0 Å². The molecule has 3 heteroatoms. The molecular formula is C4H4ClNO. The lowest BCUT2D eigenvalue weighted by molar-refractivity contribution is 0.419. The standard InChI is InChI=1S/C4H4ClNO/c1-3-2-7-6-4(3)5/h2H,1H3. The van der Waals surface area contributed by atoms with Gasteiger partial charge in [-0.3, -0.25) is 0 Å². The number of hydrogen-bond donors (Lipinski definition) is 0. The monoisotopic (exact) mass is 117 g/mol. The molecule has 0 saturated carbocycles. The van der Waals surface area contributed by atoms with Gasteiger partial charge in [0.15, 0.2) is 5.15 Å². The van der Waals surface area contributed by atoms with Gasteiger partial charge in [-0.05, 0) is 6.92 Å². The molecule has 0 aromatic carbocycles. The second kappa shape index (κ2) is 1.54. The summed E-state index contributed by atoms with van der Waals surface area (Å²) < 4.78 is 4.46. The first-order valence-corrected chi connectivity index (χ1v) is 2.25. The van der Waals surface area contributed by atoms with Gasteiger partial charge < -0.3 is 4.52 Å². The summed E-state index contributed by atoms with van der Waals surface area (Å²) in [5, 5.41) is 3.85. The average Bonchev–Trinajstić information content (AvgIpc) is 1.91. The van der Waals surface area contributed by atoms with E-state index in [0.29, 0.717) is 5.15 Å². The van der Waals surface area contributed by atoms with Crippen LogP contribution in [0.3, 0.4) is 0 Å². The molecule has 1 aromatic heterocycles. The number of hydrogen-bond acceptors (Lipinski definition) is 2. The van der Waals surface area contributed by atoms with E-state index in [1.165, 1.54) is 6.26 Å². The summed E-state index contributed by atoms with van der Waals surface area (Å²) in [7, 11) is 0. The molecule has 0 aliphatic carbocycles. The first-order chi connectivity index (χ1) is 3.30. The summed E-state index contributed by atoms with van der Waals surface area (Å²) >= 11 is 5.42. The zero-order valence-electron chi connectivity index (χ0n) is 3.81. The van der Waals surface area contributed by atoms with Gasteiger partial charge in [0.05, 0.1) is 0 Å². The lowest BCUT2D eigenvalue weighted by Gasteiger charge is -1.70. The summed E-state index contributed by atoms with van der Waals surface area (Å²) in [6.45, 7) is 1.83. The molecule has 1 rings (SSSR count). The van der Waals surface area contributed by atoms with Crippen LogP contribution in [0.1, 0.15) is 5.56 Å². The Labute approximate surface area is 46.1 Å². The van der Waals surface area contributed by atoms with Crippen molar-refractivity contribution in [3.63, 3.8) is 0 Å². The van der Waals surface area contributed by atoms with E-state index in [1.54, 1.807) is 0 Å². The normalized spacial score (nSPS) is 9.43. The van der Waals surface area contributed by atoms with Gasteiger partial charge >= 0.3 is 0 Å². The Hall–Kier alpha value is -0.500. The van der Waals surface area contributed by atoms with E-state index in [-0.39, 0.29) is 0 Å². The highest BCUT2D eigenvalue weighted by Crippen LogP contribution is 2.09. The summed E-state index contributed by atoms with van der Waals surface area (Å²) in [6, 6.07) is 0. The van der Waals surface area contributed by atoms with Crippen LogP contribution in [0.4, 0.5) is 0 Å². The average molecular weight is 118 g/mol. The van der Waals surface area contributed by atoms with Crippen LogP contribution >= 0.6 is 11.6 Å². The van der Waals surface area contributed by atoms with Crippen molar-refractivity contribution in [2.45, 2.75) is 6.92 Å². The molecule has 0 saturated heterocycles. The Balaban J connectivity index is 3.12. The zero-order chi connectivity index (χ0) is 5.28. The van der Waals surface area contributed by atoms with Gasteiger partial charge in [0.25, 0.3) is 0 Å². The van der Waals surface area contributed by atoms with Crippen molar-refractivity contribution in [2.24, 2.45) is 0 Å². The Bertz CT molecular complexity index is 144. The summed E-state index contributed by atoms with van der Waals surface area (Å²) in [5.41, 5.74) is 0.877. The molecule has 38 valence electrons. The van der Waals surface area contributed by atoms with Crippen LogP contribution in [0.2, 0.25) is 5.15 Å². The fourth-order valence-electron chi connectivity index (χ4n) is 0.272. The van der Waals surface area contributed by atoms with Crippen LogP contribution in [0, 0.1) is 6.92 Å². The number of aryl methyl sites for hydroxylation is 1. The number of nitrogens with zero attached hydrogens (tertiary/aromatic N) is 1. The van der Waals surface area contributed by atoms with Gasteiger partial charge in [0.2, 0.25) is 0 Å². The number of rotatable bonds is 0. The Morgan fingerprint density at radius 3 is 2.71 bits per heavy atom. The molecule has 2 nitrogen and oxygen atoms in total. The molecule has 1 aromatic rings. The minimum absolute atomic E-state index is 0.444. The first-order valence-electron chi connectivity index (χ1n) is 1.87. The second-order valence-electron chi connectivity index (χ2n) is 1.29. The molecule has 1 heterocycles. The Morgan fingerprint density at radius 1 is 1.86 bits per heavy atom. The van der Waals surface area contributed by atoms with E-state index in [1.807, 2.05) is 6.92 Å². The highest BCUT2D eigenvalue weighted by atomic mass is 35.5. The fraction of sp³-hybridized carbons (Fsp3) is 0.250. The van der Waals surface area contributed by atoms with Gasteiger partial charge in [0.1, 0.15) is 6.26 Å². The molecule has 0 amide bonds. The van der Waals surface area contributed by atoms with Crippen molar-refractivity contribution in [1.29, 1.82) is 0 Å². The molecule has 0 fully saturated rings. The largest absolute Gasteiger partial charge is 0.363 e. The molecule has 0 bridgehead atoms. The molecule has 0 N–H and O–H groups in total. The molecule has 0 radical (unpaired) electrons. The van der Waals surface area contributed by atoms with Gasteiger partial charge in [0, 0.05) is 5.56 Å². The predicted octanol–water partition coefficient (Wildman–Crippen LogP) is 1.64. The predicted molar refractivity (Wildman–Crippen MR) is 26.2 cm³/mol. The van der Waals surface area contributed by atoms with Crippen LogP contribution in [0.25, 0.3) is 0 Å². The topological polar surface area (TPSA) is 26.0 Å². The zero-order valence-corrected chi connectivity index (χ0v) is 4.57. The molecule has 0 aliphatic rings. The van der Waals surface area contributed by atoms with Crippen molar-refractivity contribution in [1.82, 2.24) is 5.16 Å². The van der Waals surface area contributed by atoms with E-state index < -0.39 is 0 Å². The van der Waals surface area contributed by atoms with E-state index in [0.717, 1.165) is 5.56 Å². The number of halogens is 1. The van der Waals surface area contributed by atoms with E-state index >= 15 is 0 Å². The van der Waals surface area contributed by atoms with E-state index in [2.05, 4.69) is 9.68 Å². The molecule has 0 aliphatic heterocycles.